The molecule has 1 aromatic heterocycles. The number of benzene rings is 1. The van der Waals surface area contributed by atoms with E-state index in [1.165, 1.54) is 31.2 Å². The Morgan fingerprint density at radius 1 is 1.06 bits per heavy atom. The van der Waals surface area contributed by atoms with Crippen LogP contribution in [0.2, 0.25) is 0 Å². The monoisotopic (exact) mass is 500 g/mol. The summed E-state index contributed by atoms with van der Waals surface area (Å²) in [4.78, 5) is 69.4. The van der Waals surface area contributed by atoms with Crippen molar-refractivity contribution in [2.45, 2.75) is 20.1 Å². The molecule has 2 aromatic rings. The molecule has 0 aliphatic carbocycles. The van der Waals surface area contributed by atoms with Gasteiger partial charge in [0.2, 0.25) is 11.8 Å². The molecule has 0 bridgehead atoms. The Labute approximate surface area is 203 Å². The molecule has 36 heavy (non-hydrogen) atoms. The van der Waals surface area contributed by atoms with Gasteiger partial charge in [0.05, 0.1) is 18.3 Å². The number of carbonyl (C=O) groups excluding carboxylic acids is 5. The van der Waals surface area contributed by atoms with Crippen LogP contribution in [0.3, 0.4) is 0 Å². The first kappa shape index (κ1) is 25.6. The lowest BCUT2D eigenvalue weighted by Gasteiger charge is -2.15. The Morgan fingerprint density at radius 2 is 1.78 bits per heavy atom. The fourth-order valence-corrected chi connectivity index (χ4v) is 2.93. The first-order valence-corrected chi connectivity index (χ1v) is 10.3. The van der Waals surface area contributed by atoms with Crippen molar-refractivity contribution in [3.63, 3.8) is 0 Å². The van der Waals surface area contributed by atoms with E-state index in [4.69, 9.17) is 13.9 Å². The number of nitrogens with one attached hydrogen (secondary N) is 2. The summed E-state index contributed by atoms with van der Waals surface area (Å²) in [5, 5.41) is 15.6. The molecule has 0 fully saturated rings. The van der Waals surface area contributed by atoms with Gasteiger partial charge in [0.25, 0.3) is 11.8 Å². The number of carbonyl (C=O) groups is 5. The van der Waals surface area contributed by atoms with Gasteiger partial charge in [0.15, 0.2) is 0 Å². The van der Waals surface area contributed by atoms with Crippen molar-refractivity contribution in [2.24, 2.45) is 0 Å². The van der Waals surface area contributed by atoms with Crippen LogP contribution in [0.5, 0.6) is 5.75 Å². The molecule has 3 rings (SSSR count). The largest absolute Gasteiger partial charge is 0.483 e. The minimum Gasteiger partial charge on any atom is -0.483 e. The van der Waals surface area contributed by atoms with E-state index in [1.807, 2.05) is 0 Å². The maximum atomic E-state index is 12.4. The standard InChI is InChI=1S/C22H20N4O10/c1-13(27)34-11-14-2-4-17(35-12-15-3-7-22(36-15)26(32)33)16(8-14)24-18(28)9-23-19(29)10-25-20(30)5-6-21(25)31/h2-8H,9-12H2,1H3,(H,23,29)(H,24,28). The van der Waals surface area contributed by atoms with Crippen molar-refractivity contribution in [3.8, 4) is 5.75 Å². The lowest BCUT2D eigenvalue weighted by Crippen LogP contribution is -2.42. The molecule has 2 heterocycles. The second-order valence-electron chi connectivity index (χ2n) is 7.32. The fourth-order valence-electron chi connectivity index (χ4n) is 2.93. The Balaban J connectivity index is 1.63. The fraction of sp³-hybridized carbons (Fsp3) is 0.227. The number of rotatable bonds is 11. The van der Waals surface area contributed by atoms with E-state index in [1.54, 1.807) is 6.07 Å². The average molecular weight is 500 g/mol. The highest BCUT2D eigenvalue weighted by Gasteiger charge is 2.25. The van der Waals surface area contributed by atoms with Gasteiger partial charge in [-0.3, -0.25) is 39.0 Å². The third-order valence-corrected chi connectivity index (χ3v) is 4.61. The van der Waals surface area contributed by atoms with Gasteiger partial charge in [-0.15, -0.1) is 0 Å². The van der Waals surface area contributed by atoms with Crippen LogP contribution in [0.4, 0.5) is 11.6 Å². The molecule has 1 aliphatic rings. The van der Waals surface area contributed by atoms with Crippen molar-refractivity contribution in [1.82, 2.24) is 10.2 Å². The highest BCUT2D eigenvalue weighted by atomic mass is 16.6. The summed E-state index contributed by atoms with van der Waals surface area (Å²) in [6, 6.07) is 7.09. The molecule has 0 atom stereocenters. The van der Waals surface area contributed by atoms with E-state index in [9.17, 15) is 34.1 Å². The summed E-state index contributed by atoms with van der Waals surface area (Å²) >= 11 is 0. The Morgan fingerprint density at radius 3 is 2.42 bits per heavy atom. The second kappa shape index (κ2) is 11.4. The third-order valence-electron chi connectivity index (χ3n) is 4.61. The maximum Gasteiger partial charge on any atom is 0.433 e. The maximum absolute atomic E-state index is 12.4. The Bertz CT molecular complexity index is 1230. The highest BCUT2D eigenvalue weighted by Crippen LogP contribution is 2.28. The lowest BCUT2D eigenvalue weighted by molar-refractivity contribution is -0.402. The van der Waals surface area contributed by atoms with Crippen LogP contribution in [0.1, 0.15) is 18.2 Å². The SMILES string of the molecule is CC(=O)OCc1ccc(OCc2ccc([N+](=O)[O-])o2)c(NC(=O)CNC(=O)CN2C(=O)C=CC2=O)c1. The van der Waals surface area contributed by atoms with E-state index in [0.29, 0.717) is 5.56 Å². The van der Waals surface area contributed by atoms with Gasteiger partial charge in [0.1, 0.15) is 36.2 Å². The first-order chi connectivity index (χ1) is 17.1. The molecule has 14 heteroatoms. The molecule has 0 unspecified atom stereocenters. The number of furan rings is 1. The van der Waals surface area contributed by atoms with E-state index in [2.05, 4.69) is 10.6 Å². The van der Waals surface area contributed by atoms with Gasteiger partial charge >= 0.3 is 11.9 Å². The predicted molar refractivity (Wildman–Crippen MR) is 119 cm³/mol. The average Bonchev–Trinajstić information content (AvgIpc) is 3.43. The lowest BCUT2D eigenvalue weighted by atomic mass is 10.2. The summed E-state index contributed by atoms with van der Waals surface area (Å²) in [6.45, 7) is -0.0567. The number of hydrogen-bond acceptors (Lipinski definition) is 10. The summed E-state index contributed by atoms with van der Waals surface area (Å²) in [7, 11) is 0. The van der Waals surface area contributed by atoms with Crippen LogP contribution < -0.4 is 15.4 Å². The Hall–Kier alpha value is -5.01. The molecule has 4 amide bonds. The molecule has 0 spiro atoms. The van der Waals surface area contributed by atoms with Gasteiger partial charge in [-0.1, -0.05) is 6.07 Å². The highest BCUT2D eigenvalue weighted by molar-refractivity contribution is 6.14. The van der Waals surface area contributed by atoms with Crippen LogP contribution in [0, 0.1) is 10.1 Å². The van der Waals surface area contributed by atoms with Crippen molar-refractivity contribution in [1.29, 1.82) is 0 Å². The van der Waals surface area contributed by atoms with Crippen molar-refractivity contribution in [3.05, 3.63) is 63.9 Å². The van der Waals surface area contributed by atoms with Gasteiger partial charge < -0.3 is 24.5 Å². The van der Waals surface area contributed by atoms with Crippen molar-refractivity contribution >= 4 is 41.2 Å². The van der Waals surface area contributed by atoms with E-state index in [0.717, 1.165) is 17.1 Å². The normalized spacial score (nSPS) is 12.4. The number of hydrogen-bond donors (Lipinski definition) is 2. The molecule has 1 aromatic carbocycles. The van der Waals surface area contributed by atoms with Gasteiger partial charge in [-0.05, 0) is 23.8 Å². The smallest absolute Gasteiger partial charge is 0.433 e. The topological polar surface area (TPSA) is 187 Å². The number of amides is 4. The van der Waals surface area contributed by atoms with Crippen molar-refractivity contribution < 1.29 is 42.8 Å². The second-order valence-corrected chi connectivity index (χ2v) is 7.32. The zero-order valence-corrected chi connectivity index (χ0v) is 18.8. The van der Waals surface area contributed by atoms with Gasteiger partial charge in [-0.2, -0.15) is 0 Å². The van der Waals surface area contributed by atoms with Crippen LogP contribution >= 0.6 is 0 Å². The molecule has 0 radical (unpaired) electrons. The quantitative estimate of drug-likeness (QED) is 0.193. The van der Waals surface area contributed by atoms with E-state index < -0.39 is 53.5 Å². The van der Waals surface area contributed by atoms with Crippen LogP contribution in [-0.4, -0.2) is 52.5 Å². The van der Waals surface area contributed by atoms with E-state index >= 15 is 0 Å². The first-order valence-electron chi connectivity index (χ1n) is 10.3. The molecule has 1 aliphatic heterocycles. The number of nitro groups is 1. The summed E-state index contributed by atoms with van der Waals surface area (Å²) in [5.74, 6) is -3.29. The molecule has 0 saturated heterocycles. The molecular formula is C22H20N4O10. The van der Waals surface area contributed by atoms with Gasteiger partial charge in [-0.25, -0.2) is 0 Å². The summed E-state index contributed by atoms with van der Waals surface area (Å²) < 4.78 is 15.6. The van der Waals surface area contributed by atoms with E-state index in [-0.39, 0.29) is 30.4 Å². The minimum atomic E-state index is -0.727. The molecule has 0 saturated carbocycles. The predicted octanol–water partition coefficient (Wildman–Crippen LogP) is 0.810. The zero-order valence-electron chi connectivity index (χ0n) is 18.8. The molecule has 2 N–H and O–H groups in total. The summed E-state index contributed by atoms with van der Waals surface area (Å²) in [5.41, 5.74) is 0.679. The Kier molecular flexibility index (Phi) is 8.12. The number of esters is 1. The van der Waals surface area contributed by atoms with Crippen molar-refractivity contribution in [2.75, 3.05) is 18.4 Å². The van der Waals surface area contributed by atoms with Gasteiger partial charge in [0, 0.05) is 19.1 Å². The van der Waals surface area contributed by atoms with Crippen LogP contribution in [-0.2, 0) is 41.9 Å². The third kappa shape index (κ3) is 6.99. The molecule has 14 nitrogen and oxygen atoms in total. The van der Waals surface area contributed by atoms with Crippen LogP contribution in [0.25, 0.3) is 0 Å². The number of nitrogens with zero attached hydrogens (tertiary/aromatic N) is 2. The minimum absolute atomic E-state index is 0.0779. The number of ether oxygens (including phenoxy) is 2. The number of anilines is 1. The molecular weight excluding hydrogens is 480 g/mol. The molecule has 188 valence electrons. The zero-order chi connectivity index (χ0) is 26.2. The summed E-state index contributed by atoms with van der Waals surface area (Å²) in [6.07, 6.45) is 2.07. The van der Waals surface area contributed by atoms with Crippen LogP contribution in [0.15, 0.2) is 46.9 Å². The number of imide groups is 1.